The molecule has 0 saturated carbocycles. The molecule has 0 bridgehead atoms. The second-order valence-corrected chi connectivity index (χ2v) is 7.12. The largest absolute Gasteiger partial charge is 0.378 e. The lowest BCUT2D eigenvalue weighted by atomic mass is 9.94. The van der Waals surface area contributed by atoms with Gasteiger partial charge < -0.3 is 10.1 Å². The zero-order valence-corrected chi connectivity index (χ0v) is 12.4. The topological polar surface area (TPSA) is 67.4 Å². The fourth-order valence-electron chi connectivity index (χ4n) is 2.14. The van der Waals surface area contributed by atoms with Gasteiger partial charge in [0.1, 0.15) is 0 Å². The van der Waals surface area contributed by atoms with Crippen LogP contribution in [0.2, 0.25) is 0 Å². The van der Waals surface area contributed by atoms with Crippen LogP contribution in [0.4, 0.5) is 0 Å². The van der Waals surface area contributed by atoms with Crippen molar-refractivity contribution in [2.75, 3.05) is 25.4 Å². The molecule has 0 spiro atoms. The molecule has 2 N–H and O–H groups in total. The number of hydrogen-bond acceptors (Lipinski definition) is 4. The Balaban J connectivity index is 2.34. The Morgan fingerprint density at radius 2 is 2.11 bits per heavy atom. The van der Waals surface area contributed by atoms with Crippen molar-refractivity contribution in [1.82, 2.24) is 10.0 Å². The molecule has 108 valence electrons. The second-order valence-electron chi connectivity index (χ2n) is 5.25. The summed E-state index contributed by atoms with van der Waals surface area (Å²) in [7, 11) is -3.23. The molecule has 1 fully saturated rings. The molecule has 2 atom stereocenters. The lowest BCUT2D eigenvalue weighted by Gasteiger charge is -2.28. The highest BCUT2D eigenvalue weighted by molar-refractivity contribution is 7.89. The first kappa shape index (κ1) is 15.9. The second kappa shape index (κ2) is 7.43. The van der Waals surface area contributed by atoms with E-state index >= 15 is 0 Å². The summed E-state index contributed by atoms with van der Waals surface area (Å²) in [6.07, 6.45) is 2.27. The summed E-state index contributed by atoms with van der Waals surface area (Å²) in [6.45, 7) is 7.93. The molecule has 6 heteroatoms. The number of rotatable bonds is 7. The average molecular weight is 278 g/mol. The monoisotopic (exact) mass is 278 g/mol. The van der Waals surface area contributed by atoms with Crippen LogP contribution in [0.3, 0.4) is 0 Å². The minimum Gasteiger partial charge on any atom is -0.378 e. The lowest BCUT2D eigenvalue weighted by molar-refractivity contribution is 0.0911. The third kappa shape index (κ3) is 6.13. The number of piperidine rings is 1. The van der Waals surface area contributed by atoms with Crippen molar-refractivity contribution < 1.29 is 13.2 Å². The molecule has 0 aromatic heterocycles. The number of sulfonamides is 1. The number of nitrogens with one attached hydrogen (secondary N) is 2. The molecular formula is C12H26N2O3S. The van der Waals surface area contributed by atoms with Crippen molar-refractivity contribution in [3.63, 3.8) is 0 Å². The third-order valence-electron chi connectivity index (χ3n) is 3.21. The van der Waals surface area contributed by atoms with Gasteiger partial charge in [0, 0.05) is 6.04 Å². The highest BCUT2D eigenvalue weighted by Gasteiger charge is 2.23. The predicted molar refractivity (Wildman–Crippen MR) is 73.1 cm³/mol. The summed E-state index contributed by atoms with van der Waals surface area (Å²) in [5.74, 6) is 0.426. The average Bonchev–Trinajstić information content (AvgIpc) is 2.28. The van der Waals surface area contributed by atoms with E-state index in [1.165, 1.54) is 0 Å². The van der Waals surface area contributed by atoms with Gasteiger partial charge in [0.2, 0.25) is 10.0 Å². The maximum atomic E-state index is 11.9. The normalized spacial score (nSPS) is 23.2. The van der Waals surface area contributed by atoms with Crippen LogP contribution < -0.4 is 10.0 Å². The first-order valence-corrected chi connectivity index (χ1v) is 8.38. The Labute approximate surface area is 111 Å². The van der Waals surface area contributed by atoms with Crippen LogP contribution in [-0.2, 0) is 14.8 Å². The summed E-state index contributed by atoms with van der Waals surface area (Å²) in [4.78, 5) is 0. The van der Waals surface area contributed by atoms with Gasteiger partial charge in [-0.1, -0.05) is 0 Å². The summed E-state index contributed by atoms with van der Waals surface area (Å²) in [5.41, 5.74) is 0. The van der Waals surface area contributed by atoms with E-state index < -0.39 is 10.0 Å². The minimum absolute atomic E-state index is 0.0122. The molecular weight excluding hydrogens is 252 g/mol. The van der Waals surface area contributed by atoms with Gasteiger partial charge in [-0.3, -0.25) is 0 Å². The molecule has 1 aliphatic heterocycles. The van der Waals surface area contributed by atoms with E-state index in [0.717, 1.165) is 25.9 Å². The molecule has 0 radical (unpaired) electrons. The van der Waals surface area contributed by atoms with Crippen molar-refractivity contribution in [3.8, 4) is 0 Å². The summed E-state index contributed by atoms with van der Waals surface area (Å²) in [6, 6.07) is -0.0122. The Hall–Kier alpha value is -0.170. The van der Waals surface area contributed by atoms with Gasteiger partial charge in [0.15, 0.2) is 0 Å². The van der Waals surface area contributed by atoms with Gasteiger partial charge in [-0.05, 0) is 52.6 Å². The van der Waals surface area contributed by atoms with Gasteiger partial charge in [-0.15, -0.1) is 0 Å². The van der Waals surface area contributed by atoms with Crippen LogP contribution in [-0.4, -0.2) is 46.0 Å². The molecule has 0 aromatic rings. The van der Waals surface area contributed by atoms with Gasteiger partial charge >= 0.3 is 0 Å². The lowest BCUT2D eigenvalue weighted by Crippen LogP contribution is -2.45. The van der Waals surface area contributed by atoms with Gasteiger partial charge in [-0.2, -0.15) is 0 Å². The Bertz CT molecular complexity index is 324. The molecule has 0 amide bonds. The van der Waals surface area contributed by atoms with Crippen molar-refractivity contribution in [3.05, 3.63) is 0 Å². The van der Waals surface area contributed by atoms with E-state index in [2.05, 4.69) is 10.0 Å². The highest BCUT2D eigenvalue weighted by Crippen LogP contribution is 2.14. The van der Waals surface area contributed by atoms with Crippen molar-refractivity contribution in [2.24, 2.45) is 5.92 Å². The summed E-state index contributed by atoms with van der Waals surface area (Å²) < 4.78 is 31.7. The van der Waals surface area contributed by atoms with Crippen LogP contribution in [0.15, 0.2) is 0 Å². The smallest absolute Gasteiger partial charge is 0.214 e. The molecule has 0 aromatic carbocycles. The first-order chi connectivity index (χ1) is 8.41. The van der Waals surface area contributed by atoms with Gasteiger partial charge in [0.25, 0.3) is 0 Å². The van der Waals surface area contributed by atoms with Gasteiger partial charge in [0.05, 0.1) is 18.5 Å². The summed E-state index contributed by atoms with van der Waals surface area (Å²) >= 11 is 0. The maximum Gasteiger partial charge on any atom is 0.214 e. The van der Waals surface area contributed by atoms with E-state index in [0.29, 0.717) is 5.92 Å². The van der Waals surface area contributed by atoms with E-state index in [-0.39, 0.29) is 24.5 Å². The quantitative estimate of drug-likeness (QED) is 0.720. The van der Waals surface area contributed by atoms with Crippen LogP contribution in [0, 0.1) is 5.92 Å². The standard InChI is InChI=1S/C12H26N2O3S/c1-10(2)17-7-8-18(15,16)14-11(3)12-5-4-6-13-9-12/h10-14H,4-9H2,1-3H3. The SMILES string of the molecule is CC(C)OCCS(=O)(=O)NC(C)C1CCCNC1. The predicted octanol–water partition coefficient (Wildman–Crippen LogP) is 0.719. The zero-order valence-electron chi connectivity index (χ0n) is 11.6. The van der Waals surface area contributed by atoms with Crippen LogP contribution in [0.5, 0.6) is 0 Å². The Morgan fingerprint density at radius 3 is 2.67 bits per heavy atom. The zero-order chi connectivity index (χ0) is 13.6. The number of ether oxygens (including phenoxy) is 1. The maximum absolute atomic E-state index is 11.9. The van der Waals surface area contributed by atoms with Gasteiger partial charge in [-0.25, -0.2) is 13.1 Å². The van der Waals surface area contributed by atoms with E-state index in [1.807, 2.05) is 20.8 Å². The van der Waals surface area contributed by atoms with E-state index in [1.54, 1.807) is 0 Å². The van der Waals surface area contributed by atoms with E-state index in [4.69, 9.17) is 4.74 Å². The number of hydrogen-bond donors (Lipinski definition) is 2. The fourth-order valence-corrected chi connectivity index (χ4v) is 3.33. The van der Waals surface area contributed by atoms with Crippen molar-refractivity contribution >= 4 is 10.0 Å². The van der Waals surface area contributed by atoms with E-state index in [9.17, 15) is 8.42 Å². The van der Waals surface area contributed by atoms with Crippen LogP contribution in [0.1, 0.15) is 33.6 Å². The molecule has 18 heavy (non-hydrogen) atoms. The van der Waals surface area contributed by atoms with Crippen LogP contribution >= 0.6 is 0 Å². The molecule has 0 aliphatic carbocycles. The summed E-state index contributed by atoms with van der Waals surface area (Å²) in [5, 5.41) is 3.30. The van der Waals surface area contributed by atoms with Crippen molar-refractivity contribution in [1.29, 1.82) is 0 Å². The minimum atomic E-state index is -3.23. The Kier molecular flexibility index (Phi) is 6.55. The third-order valence-corrected chi connectivity index (χ3v) is 4.65. The van der Waals surface area contributed by atoms with Crippen molar-refractivity contribution in [2.45, 2.75) is 45.8 Å². The molecule has 5 nitrogen and oxygen atoms in total. The molecule has 1 heterocycles. The molecule has 1 aliphatic rings. The molecule has 1 saturated heterocycles. The van der Waals surface area contributed by atoms with Crippen LogP contribution in [0.25, 0.3) is 0 Å². The molecule has 1 rings (SSSR count). The Morgan fingerprint density at radius 1 is 1.39 bits per heavy atom. The highest BCUT2D eigenvalue weighted by atomic mass is 32.2. The fraction of sp³-hybridized carbons (Fsp3) is 1.00. The first-order valence-electron chi connectivity index (χ1n) is 6.73. The molecule has 2 unspecified atom stereocenters.